The van der Waals surface area contributed by atoms with Crippen LogP contribution in [0.25, 0.3) is 0 Å². The van der Waals surface area contributed by atoms with E-state index in [1.54, 1.807) is 16.8 Å². The van der Waals surface area contributed by atoms with E-state index < -0.39 is 0 Å². The molecule has 122 valence electrons. The van der Waals surface area contributed by atoms with E-state index in [2.05, 4.69) is 5.10 Å². The molecule has 1 heterocycles. The van der Waals surface area contributed by atoms with Crippen LogP contribution in [0, 0.1) is 25.6 Å². The number of carbonyl (C=O) groups is 1. The Kier molecular flexibility index (Phi) is 4.39. The van der Waals surface area contributed by atoms with Crippen LogP contribution in [0.15, 0.2) is 24.3 Å². The van der Waals surface area contributed by atoms with Crippen molar-refractivity contribution < 1.29 is 13.9 Å². The Labute approximate surface area is 139 Å². The minimum atomic E-state index is -0.361. The third-order valence-corrected chi connectivity index (χ3v) is 4.44. The summed E-state index contributed by atoms with van der Waals surface area (Å²) in [7, 11) is 0. The molecule has 1 aromatic carbocycles. The molecular formula is C17H18ClFN2O2. The fraction of sp³-hybridized carbons (Fsp3) is 0.412. The summed E-state index contributed by atoms with van der Waals surface area (Å²) in [5.41, 5.74) is 2.39. The van der Waals surface area contributed by atoms with Crippen LogP contribution in [0.4, 0.5) is 4.39 Å². The van der Waals surface area contributed by atoms with Crippen LogP contribution in [0.2, 0.25) is 5.02 Å². The summed E-state index contributed by atoms with van der Waals surface area (Å²) in [5.74, 6) is -1.13. The van der Waals surface area contributed by atoms with E-state index in [9.17, 15) is 9.18 Å². The lowest BCUT2D eigenvalue weighted by molar-refractivity contribution is -0.145. The molecule has 2 atom stereocenters. The third-order valence-electron chi connectivity index (χ3n) is 4.11. The van der Waals surface area contributed by atoms with Gasteiger partial charge in [0.25, 0.3) is 0 Å². The molecule has 0 bridgehead atoms. The van der Waals surface area contributed by atoms with Gasteiger partial charge in [-0.05, 0) is 38.5 Å². The second kappa shape index (κ2) is 6.32. The van der Waals surface area contributed by atoms with E-state index in [4.69, 9.17) is 16.3 Å². The summed E-state index contributed by atoms with van der Waals surface area (Å²) >= 11 is 6.03. The highest BCUT2D eigenvalue weighted by Gasteiger charge is 2.47. The number of ether oxygens (including phenoxy) is 1. The van der Waals surface area contributed by atoms with Gasteiger partial charge >= 0.3 is 5.97 Å². The largest absolute Gasteiger partial charge is 0.463 e. The maximum Gasteiger partial charge on any atom is 0.309 e. The molecule has 0 amide bonds. The number of hydrogen-bond acceptors (Lipinski definition) is 3. The number of rotatable bonds is 5. The second-order valence-electron chi connectivity index (χ2n) is 5.90. The average Bonchev–Trinajstić information content (AvgIpc) is 3.19. The topological polar surface area (TPSA) is 44.1 Å². The monoisotopic (exact) mass is 336 g/mol. The SMILES string of the molecule is Cc1cc(C)n(CCOC(=O)[C@@H]2C[C@@H]2c2c(F)cccc2Cl)n1. The van der Waals surface area contributed by atoms with E-state index in [1.165, 1.54) is 6.07 Å². The van der Waals surface area contributed by atoms with Gasteiger partial charge in [0, 0.05) is 22.2 Å². The van der Waals surface area contributed by atoms with E-state index >= 15 is 0 Å². The minimum Gasteiger partial charge on any atom is -0.463 e. The molecular weight excluding hydrogens is 319 g/mol. The molecule has 0 N–H and O–H groups in total. The van der Waals surface area contributed by atoms with Gasteiger partial charge in [-0.15, -0.1) is 0 Å². The molecule has 0 saturated heterocycles. The molecule has 4 nitrogen and oxygen atoms in total. The zero-order valence-electron chi connectivity index (χ0n) is 13.1. The molecule has 6 heteroatoms. The molecule has 1 saturated carbocycles. The summed E-state index contributed by atoms with van der Waals surface area (Å²) in [6, 6.07) is 6.54. The van der Waals surface area contributed by atoms with Gasteiger partial charge in [-0.3, -0.25) is 9.48 Å². The maximum atomic E-state index is 13.8. The van der Waals surface area contributed by atoms with Gasteiger partial charge in [-0.1, -0.05) is 17.7 Å². The van der Waals surface area contributed by atoms with Crippen molar-refractivity contribution in [3.05, 3.63) is 52.1 Å². The standard InChI is InChI=1S/C17H18ClFN2O2/c1-10-8-11(2)21(20-10)6-7-23-17(22)13-9-12(13)16-14(18)4-3-5-15(16)19/h3-5,8,12-13H,6-7,9H2,1-2H3/t12-,13+/m0/s1. The smallest absolute Gasteiger partial charge is 0.309 e. The molecule has 1 aromatic heterocycles. The van der Waals surface area contributed by atoms with Gasteiger partial charge in [0.2, 0.25) is 0 Å². The molecule has 1 aliphatic carbocycles. The van der Waals surface area contributed by atoms with Crippen molar-refractivity contribution in [2.45, 2.75) is 32.7 Å². The third kappa shape index (κ3) is 3.39. The predicted octanol–water partition coefficient (Wildman–Crippen LogP) is 3.64. The first-order valence-electron chi connectivity index (χ1n) is 7.59. The predicted molar refractivity (Wildman–Crippen MR) is 84.9 cm³/mol. The van der Waals surface area contributed by atoms with Crippen LogP contribution in [0.3, 0.4) is 0 Å². The number of esters is 1. The van der Waals surface area contributed by atoms with Crippen molar-refractivity contribution >= 4 is 17.6 Å². The van der Waals surface area contributed by atoms with Crippen molar-refractivity contribution in [3.63, 3.8) is 0 Å². The van der Waals surface area contributed by atoms with Gasteiger partial charge < -0.3 is 4.74 Å². The van der Waals surface area contributed by atoms with Gasteiger partial charge in [0.15, 0.2) is 0 Å². The number of aromatic nitrogens is 2. The van der Waals surface area contributed by atoms with Crippen LogP contribution in [-0.4, -0.2) is 22.4 Å². The van der Waals surface area contributed by atoms with Gasteiger partial charge in [0.1, 0.15) is 12.4 Å². The van der Waals surface area contributed by atoms with Crippen LogP contribution < -0.4 is 0 Å². The quantitative estimate of drug-likeness (QED) is 0.783. The van der Waals surface area contributed by atoms with Crippen molar-refractivity contribution in [3.8, 4) is 0 Å². The molecule has 3 rings (SSSR count). The maximum absolute atomic E-state index is 13.8. The summed E-state index contributed by atoms with van der Waals surface area (Å²) in [4.78, 5) is 12.1. The molecule has 0 aliphatic heterocycles. The molecule has 2 aromatic rings. The molecule has 1 fully saturated rings. The first kappa shape index (κ1) is 16.0. The summed E-state index contributed by atoms with van der Waals surface area (Å²) in [5, 5.41) is 4.68. The lowest BCUT2D eigenvalue weighted by Gasteiger charge is -2.07. The fourth-order valence-electron chi connectivity index (χ4n) is 2.88. The highest BCUT2D eigenvalue weighted by molar-refractivity contribution is 6.31. The zero-order chi connectivity index (χ0) is 16.6. The first-order chi connectivity index (χ1) is 11.0. The number of aryl methyl sites for hydroxylation is 2. The highest BCUT2D eigenvalue weighted by Crippen LogP contribution is 2.51. The lowest BCUT2D eigenvalue weighted by atomic mass is 10.1. The summed E-state index contributed by atoms with van der Waals surface area (Å²) < 4.78 is 21.0. The van der Waals surface area contributed by atoms with Gasteiger partial charge in [-0.25, -0.2) is 4.39 Å². The molecule has 23 heavy (non-hydrogen) atoms. The highest BCUT2D eigenvalue weighted by atomic mass is 35.5. The van der Waals surface area contributed by atoms with Crippen molar-refractivity contribution in [2.75, 3.05) is 6.61 Å². The molecule has 1 aliphatic rings. The van der Waals surface area contributed by atoms with Gasteiger partial charge in [-0.2, -0.15) is 5.10 Å². The van der Waals surface area contributed by atoms with E-state index in [1.807, 2.05) is 19.9 Å². The number of nitrogens with zero attached hydrogens (tertiary/aromatic N) is 2. The Bertz CT molecular complexity index is 724. The second-order valence-corrected chi connectivity index (χ2v) is 6.31. The van der Waals surface area contributed by atoms with Crippen molar-refractivity contribution in [1.29, 1.82) is 0 Å². The Hall–Kier alpha value is -1.88. The van der Waals surface area contributed by atoms with Crippen LogP contribution in [0.1, 0.15) is 29.3 Å². The normalized spacial score (nSPS) is 19.7. The summed E-state index contributed by atoms with van der Waals surface area (Å²) in [6.45, 7) is 4.65. The molecule has 0 spiro atoms. The lowest BCUT2D eigenvalue weighted by Crippen LogP contribution is -2.15. The minimum absolute atomic E-state index is 0.176. The number of halogens is 2. The zero-order valence-corrected chi connectivity index (χ0v) is 13.8. The van der Waals surface area contributed by atoms with Crippen LogP contribution in [-0.2, 0) is 16.1 Å². The van der Waals surface area contributed by atoms with Crippen LogP contribution >= 0.6 is 11.6 Å². The van der Waals surface area contributed by atoms with E-state index in [0.717, 1.165) is 11.4 Å². The Balaban J connectivity index is 1.54. The Morgan fingerprint density at radius 2 is 2.26 bits per heavy atom. The first-order valence-corrected chi connectivity index (χ1v) is 7.96. The van der Waals surface area contributed by atoms with E-state index in [-0.39, 0.29) is 30.2 Å². The van der Waals surface area contributed by atoms with Crippen molar-refractivity contribution in [1.82, 2.24) is 9.78 Å². The van der Waals surface area contributed by atoms with Crippen molar-refractivity contribution in [2.24, 2.45) is 5.92 Å². The number of benzene rings is 1. The van der Waals surface area contributed by atoms with Gasteiger partial charge in [0.05, 0.1) is 18.2 Å². The molecule has 0 unspecified atom stereocenters. The Morgan fingerprint density at radius 1 is 1.48 bits per heavy atom. The Morgan fingerprint density at radius 3 is 2.91 bits per heavy atom. The number of hydrogen-bond donors (Lipinski definition) is 0. The average molecular weight is 337 g/mol. The fourth-order valence-corrected chi connectivity index (χ4v) is 3.18. The number of carbonyl (C=O) groups excluding carboxylic acids is 1. The van der Waals surface area contributed by atoms with Crippen LogP contribution in [0.5, 0.6) is 0 Å². The summed E-state index contributed by atoms with van der Waals surface area (Å²) in [6.07, 6.45) is 0.583. The molecule has 0 radical (unpaired) electrons. The van der Waals surface area contributed by atoms with E-state index in [0.29, 0.717) is 23.6 Å².